The number of aryl methyl sites for hydroxylation is 3. The number of hydrogen-bond donors (Lipinski definition) is 1. The molecule has 1 heterocycles. The lowest BCUT2D eigenvalue weighted by atomic mass is 10.1. The van der Waals surface area contributed by atoms with E-state index < -0.39 is 5.25 Å². The van der Waals surface area contributed by atoms with Crippen LogP contribution in [0.2, 0.25) is 5.02 Å². The molecule has 2 amide bonds. The van der Waals surface area contributed by atoms with Crippen LogP contribution < -0.4 is 5.32 Å². The van der Waals surface area contributed by atoms with Crippen LogP contribution in [-0.4, -0.2) is 33.7 Å². The number of amides is 2. The Morgan fingerprint density at radius 1 is 1.21 bits per heavy atom. The van der Waals surface area contributed by atoms with Gasteiger partial charge in [-0.2, -0.15) is 0 Å². The Morgan fingerprint density at radius 3 is 2.62 bits per heavy atom. The third-order valence-corrected chi connectivity index (χ3v) is 6.36. The number of thioether (sulfide) groups is 1. The predicted octanol–water partition coefficient (Wildman–Crippen LogP) is 5.25. The first-order valence-electron chi connectivity index (χ1n) is 9.48. The Morgan fingerprint density at radius 2 is 1.97 bits per heavy atom. The summed E-state index contributed by atoms with van der Waals surface area (Å²) in [5.41, 5.74) is 4.50. The molecule has 0 radical (unpaired) electrons. The number of benzene rings is 2. The highest BCUT2D eigenvalue weighted by atomic mass is 35.5. The van der Waals surface area contributed by atoms with Crippen molar-refractivity contribution in [3.8, 4) is 0 Å². The second-order valence-corrected chi connectivity index (χ2v) is 8.66. The summed E-state index contributed by atoms with van der Waals surface area (Å²) in [6, 6.07) is 11.4. The molecule has 1 saturated heterocycles. The molecule has 0 saturated carbocycles. The van der Waals surface area contributed by atoms with E-state index in [1.54, 1.807) is 11.0 Å². The maximum Gasteiger partial charge on any atom is 0.238 e. The molecule has 3 rings (SSSR count). The van der Waals surface area contributed by atoms with Gasteiger partial charge in [0.1, 0.15) is 5.25 Å². The topological polar surface area (TPSA) is 61.8 Å². The van der Waals surface area contributed by atoms with Gasteiger partial charge in [-0.15, -0.1) is 0 Å². The standard InChI is InChI=1S/C22H24ClN3O2S/c1-5-26-20(27)12-19(21(28)25-18-9-6-13(2)10-15(18)4)29-22(26)24-16-8-7-14(3)17(23)11-16/h6-11,19H,5,12H2,1-4H3,(H,25,28). The third kappa shape index (κ3) is 5.00. The summed E-state index contributed by atoms with van der Waals surface area (Å²) in [6.07, 6.45) is 0.142. The van der Waals surface area contributed by atoms with Gasteiger partial charge in [0.2, 0.25) is 11.8 Å². The van der Waals surface area contributed by atoms with E-state index in [2.05, 4.69) is 10.3 Å². The van der Waals surface area contributed by atoms with E-state index in [4.69, 9.17) is 11.6 Å². The summed E-state index contributed by atoms with van der Waals surface area (Å²) in [5, 5.41) is 3.55. The maximum absolute atomic E-state index is 12.9. The monoisotopic (exact) mass is 429 g/mol. The van der Waals surface area contributed by atoms with E-state index in [9.17, 15) is 9.59 Å². The van der Waals surface area contributed by atoms with Crippen molar-refractivity contribution in [2.45, 2.75) is 39.4 Å². The second-order valence-electron chi connectivity index (χ2n) is 7.08. The highest BCUT2D eigenvalue weighted by Gasteiger charge is 2.35. The quantitative estimate of drug-likeness (QED) is 0.722. The molecular formula is C22H24ClN3O2S. The van der Waals surface area contributed by atoms with E-state index in [0.29, 0.717) is 22.4 Å². The molecule has 2 aromatic carbocycles. The maximum atomic E-state index is 12.9. The van der Waals surface area contributed by atoms with Crippen molar-refractivity contribution in [1.29, 1.82) is 0 Å². The second kappa shape index (κ2) is 9.01. The predicted molar refractivity (Wildman–Crippen MR) is 121 cm³/mol. The van der Waals surface area contributed by atoms with Gasteiger partial charge in [-0.25, -0.2) is 4.99 Å². The van der Waals surface area contributed by atoms with Crippen LogP contribution in [-0.2, 0) is 9.59 Å². The summed E-state index contributed by atoms with van der Waals surface area (Å²) >= 11 is 7.51. The molecule has 0 spiro atoms. The molecule has 0 aromatic heterocycles. The fourth-order valence-corrected chi connectivity index (χ4v) is 4.42. The number of carbonyl (C=O) groups is 2. The third-order valence-electron chi connectivity index (χ3n) is 4.77. The molecule has 7 heteroatoms. The van der Waals surface area contributed by atoms with Crippen molar-refractivity contribution in [2.24, 2.45) is 4.99 Å². The Labute approximate surface area is 180 Å². The Hall–Kier alpha value is -2.31. The number of anilines is 1. The minimum absolute atomic E-state index is 0.107. The van der Waals surface area contributed by atoms with Crippen LogP contribution in [0.25, 0.3) is 0 Å². The minimum Gasteiger partial charge on any atom is -0.325 e. The highest BCUT2D eigenvalue weighted by molar-refractivity contribution is 8.15. The number of aliphatic imine (C=N–C) groups is 1. The van der Waals surface area contributed by atoms with Crippen LogP contribution in [0, 0.1) is 20.8 Å². The van der Waals surface area contributed by atoms with Crippen molar-refractivity contribution in [3.05, 3.63) is 58.1 Å². The molecule has 1 atom stereocenters. The number of nitrogens with one attached hydrogen (secondary N) is 1. The van der Waals surface area contributed by atoms with Crippen LogP contribution in [0.1, 0.15) is 30.0 Å². The van der Waals surface area contributed by atoms with Crippen molar-refractivity contribution < 1.29 is 9.59 Å². The largest absolute Gasteiger partial charge is 0.325 e. The van der Waals surface area contributed by atoms with Crippen molar-refractivity contribution >= 4 is 51.7 Å². The summed E-state index contributed by atoms with van der Waals surface area (Å²) in [7, 11) is 0. The fourth-order valence-electron chi connectivity index (χ4n) is 3.08. The molecule has 1 aliphatic rings. The van der Waals surface area contributed by atoms with Gasteiger partial charge >= 0.3 is 0 Å². The average Bonchev–Trinajstić information content (AvgIpc) is 2.66. The van der Waals surface area contributed by atoms with Crippen LogP contribution in [0.3, 0.4) is 0 Å². The summed E-state index contributed by atoms with van der Waals surface area (Å²) in [4.78, 5) is 31.7. The number of rotatable bonds is 4. The van der Waals surface area contributed by atoms with E-state index in [0.717, 1.165) is 22.4 Å². The van der Waals surface area contributed by atoms with Gasteiger partial charge in [-0.1, -0.05) is 47.1 Å². The van der Waals surface area contributed by atoms with E-state index in [1.165, 1.54) is 11.8 Å². The lowest BCUT2D eigenvalue weighted by Crippen LogP contribution is -2.45. The van der Waals surface area contributed by atoms with Crippen molar-refractivity contribution in [1.82, 2.24) is 4.90 Å². The van der Waals surface area contributed by atoms with E-state index >= 15 is 0 Å². The normalized spacial score (nSPS) is 18.2. The zero-order chi connectivity index (χ0) is 21.1. The highest BCUT2D eigenvalue weighted by Crippen LogP contribution is 2.31. The van der Waals surface area contributed by atoms with E-state index in [1.807, 2.05) is 58.0 Å². The van der Waals surface area contributed by atoms with Crippen LogP contribution in [0.15, 0.2) is 41.4 Å². The number of hydrogen-bond acceptors (Lipinski definition) is 4. The molecule has 1 unspecified atom stereocenters. The molecule has 2 aromatic rings. The van der Waals surface area contributed by atoms with Crippen LogP contribution >= 0.6 is 23.4 Å². The molecule has 5 nitrogen and oxygen atoms in total. The zero-order valence-electron chi connectivity index (χ0n) is 17.0. The Bertz CT molecular complexity index is 990. The number of nitrogens with zero attached hydrogens (tertiary/aromatic N) is 2. The first kappa shape index (κ1) is 21.4. The molecule has 1 fully saturated rings. The number of halogens is 1. The van der Waals surface area contributed by atoms with Gasteiger partial charge in [-0.3, -0.25) is 14.5 Å². The first-order chi connectivity index (χ1) is 13.8. The first-order valence-corrected chi connectivity index (χ1v) is 10.7. The van der Waals surface area contributed by atoms with Gasteiger partial charge in [0.05, 0.1) is 5.69 Å². The summed E-state index contributed by atoms with van der Waals surface area (Å²) in [5.74, 6) is -0.301. The van der Waals surface area contributed by atoms with E-state index in [-0.39, 0.29) is 18.2 Å². The number of amidine groups is 1. The summed E-state index contributed by atoms with van der Waals surface area (Å²) < 4.78 is 0. The SMILES string of the molecule is CCN1C(=O)CC(C(=O)Nc2ccc(C)cc2C)SC1=Nc1ccc(C)c(Cl)c1. The van der Waals surface area contributed by atoms with Crippen molar-refractivity contribution in [3.63, 3.8) is 0 Å². The number of carbonyl (C=O) groups excluding carboxylic acids is 2. The molecule has 1 N–H and O–H groups in total. The lowest BCUT2D eigenvalue weighted by Gasteiger charge is -2.31. The van der Waals surface area contributed by atoms with Gasteiger partial charge in [0, 0.05) is 23.7 Å². The van der Waals surface area contributed by atoms with Gasteiger partial charge in [0.15, 0.2) is 5.17 Å². The minimum atomic E-state index is -0.536. The molecular weight excluding hydrogens is 406 g/mol. The lowest BCUT2D eigenvalue weighted by molar-refractivity contribution is -0.129. The van der Waals surface area contributed by atoms with Crippen molar-refractivity contribution in [2.75, 3.05) is 11.9 Å². The van der Waals surface area contributed by atoms with Crippen LogP contribution in [0.4, 0.5) is 11.4 Å². The smallest absolute Gasteiger partial charge is 0.238 e. The van der Waals surface area contributed by atoms with Gasteiger partial charge in [-0.05, 0) is 57.0 Å². The molecule has 0 bridgehead atoms. The fraction of sp³-hybridized carbons (Fsp3) is 0.318. The Kier molecular flexibility index (Phi) is 6.65. The van der Waals surface area contributed by atoms with Gasteiger partial charge in [0.25, 0.3) is 0 Å². The Balaban J connectivity index is 1.84. The molecule has 1 aliphatic heterocycles. The van der Waals surface area contributed by atoms with Gasteiger partial charge < -0.3 is 5.32 Å². The molecule has 152 valence electrons. The summed E-state index contributed by atoms with van der Waals surface area (Å²) in [6.45, 7) is 8.27. The molecule has 0 aliphatic carbocycles. The average molecular weight is 430 g/mol. The van der Waals surface area contributed by atoms with Crippen LogP contribution in [0.5, 0.6) is 0 Å². The zero-order valence-corrected chi connectivity index (χ0v) is 18.5. The molecule has 29 heavy (non-hydrogen) atoms.